The van der Waals surface area contributed by atoms with Crippen molar-refractivity contribution in [1.29, 1.82) is 0 Å². The SMILES string of the molecule is CN(C(=O)c1occc1Br)C1CNC1. The van der Waals surface area contributed by atoms with Crippen molar-refractivity contribution < 1.29 is 9.21 Å². The van der Waals surface area contributed by atoms with Crippen LogP contribution in [0, 0.1) is 0 Å². The lowest BCUT2D eigenvalue weighted by Gasteiger charge is -2.35. The molecule has 1 amide bonds. The summed E-state index contributed by atoms with van der Waals surface area (Å²) in [5.74, 6) is 0.299. The number of amides is 1. The summed E-state index contributed by atoms with van der Waals surface area (Å²) in [5, 5.41) is 3.12. The highest BCUT2D eigenvalue weighted by Gasteiger charge is 2.28. The fraction of sp³-hybridized carbons (Fsp3) is 0.444. The van der Waals surface area contributed by atoms with Crippen molar-refractivity contribution in [2.45, 2.75) is 6.04 Å². The summed E-state index contributed by atoms with van der Waals surface area (Å²) < 4.78 is 5.82. The third-order valence-electron chi connectivity index (χ3n) is 2.44. The van der Waals surface area contributed by atoms with E-state index >= 15 is 0 Å². The summed E-state index contributed by atoms with van der Waals surface area (Å²) in [6, 6.07) is 2.01. The minimum Gasteiger partial charge on any atom is -0.458 e. The van der Waals surface area contributed by atoms with Gasteiger partial charge in [-0.1, -0.05) is 0 Å². The Balaban J connectivity index is 2.11. The van der Waals surface area contributed by atoms with E-state index in [9.17, 15) is 4.79 Å². The highest BCUT2D eigenvalue weighted by molar-refractivity contribution is 9.10. The Morgan fingerprint density at radius 2 is 2.43 bits per heavy atom. The second-order valence-corrected chi connectivity index (χ2v) is 4.18. The second kappa shape index (κ2) is 3.74. The third kappa shape index (κ3) is 1.57. The van der Waals surface area contributed by atoms with Crippen molar-refractivity contribution in [3.05, 3.63) is 22.6 Å². The van der Waals surface area contributed by atoms with E-state index in [0.717, 1.165) is 13.1 Å². The fourth-order valence-electron chi connectivity index (χ4n) is 1.32. The van der Waals surface area contributed by atoms with Crippen molar-refractivity contribution >= 4 is 21.8 Å². The molecular weight excluding hydrogens is 248 g/mol. The van der Waals surface area contributed by atoms with Gasteiger partial charge in [-0.3, -0.25) is 4.79 Å². The van der Waals surface area contributed by atoms with Gasteiger partial charge in [-0.15, -0.1) is 0 Å². The van der Waals surface area contributed by atoms with Crippen molar-refractivity contribution in [3.8, 4) is 0 Å². The molecule has 1 aromatic rings. The molecule has 0 bridgehead atoms. The van der Waals surface area contributed by atoms with Crippen LogP contribution < -0.4 is 5.32 Å². The number of likely N-dealkylation sites (N-methyl/N-ethyl adjacent to an activating group) is 1. The number of carbonyl (C=O) groups is 1. The summed E-state index contributed by atoms with van der Waals surface area (Å²) >= 11 is 3.27. The van der Waals surface area contributed by atoms with Gasteiger partial charge in [0, 0.05) is 20.1 Å². The lowest BCUT2D eigenvalue weighted by atomic mass is 10.1. The van der Waals surface area contributed by atoms with Gasteiger partial charge in [0.05, 0.1) is 16.8 Å². The summed E-state index contributed by atoms with van der Waals surface area (Å²) in [6.45, 7) is 1.72. The number of hydrogen-bond donors (Lipinski definition) is 1. The number of furan rings is 1. The molecule has 1 fully saturated rings. The van der Waals surface area contributed by atoms with Gasteiger partial charge in [0.25, 0.3) is 5.91 Å². The topological polar surface area (TPSA) is 45.5 Å². The number of nitrogens with zero attached hydrogens (tertiary/aromatic N) is 1. The standard InChI is InChI=1S/C9H11BrN2O2/c1-12(6-4-11-5-6)9(13)8-7(10)2-3-14-8/h2-3,6,11H,4-5H2,1H3. The predicted octanol–water partition coefficient (Wildman–Crippen LogP) is 1.09. The average Bonchev–Trinajstić information content (AvgIpc) is 2.47. The van der Waals surface area contributed by atoms with Crippen LogP contribution in [0.2, 0.25) is 0 Å². The maximum Gasteiger partial charge on any atom is 0.290 e. The Kier molecular flexibility index (Phi) is 2.60. The monoisotopic (exact) mass is 258 g/mol. The highest BCUT2D eigenvalue weighted by Crippen LogP contribution is 2.20. The Labute approximate surface area is 90.4 Å². The van der Waals surface area contributed by atoms with Gasteiger partial charge in [0.1, 0.15) is 0 Å². The molecule has 2 rings (SSSR count). The smallest absolute Gasteiger partial charge is 0.290 e. The largest absolute Gasteiger partial charge is 0.458 e. The maximum atomic E-state index is 11.8. The lowest BCUT2D eigenvalue weighted by molar-refractivity contribution is 0.0648. The first-order chi connectivity index (χ1) is 6.70. The molecule has 0 saturated carbocycles. The molecule has 14 heavy (non-hydrogen) atoms. The first-order valence-electron chi connectivity index (χ1n) is 4.41. The highest BCUT2D eigenvalue weighted by atomic mass is 79.9. The van der Waals surface area contributed by atoms with Crippen molar-refractivity contribution in [1.82, 2.24) is 10.2 Å². The molecule has 0 spiro atoms. The Morgan fingerprint density at radius 1 is 1.71 bits per heavy atom. The number of carbonyl (C=O) groups excluding carboxylic acids is 1. The minimum atomic E-state index is -0.0756. The lowest BCUT2D eigenvalue weighted by Crippen LogP contribution is -2.57. The zero-order valence-electron chi connectivity index (χ0n) is 7.79. The van der Waals surface area contributed by atoms with Crippen LogP contribution in [0.5, 0.6) is 0 Å². The molecule has 76 valence electrons. The summed E-state index contributed by atoms with van der Waals surface area (Å²) in [7, 11) is 1.79. The molecule has 1 N–H and O–H groups in total. The number of halogens is 1. The first-order valence-corrected chi connectivity index (χ1v) is 5.20. The Bertz CT molecular complexity index is 346. The number of nitrogens with one attached hydrogen (secondary N) is 1. The van der Waals surface area contributed by atoms with Gasteiger partial charge in [0.15, 0.2) is 0 Å². The normalized spacial score (nSPS) is 16.4. The van der Waals surface area contributed by atoms with E-state index in [0.29, 0.717) is 16.3 Å². The van der Waals surface area contributed by atoms with Gasteiger partial charge >= 0.3 is 0 Å². The van der Waals surface area contributed by atoms with E-state index in [1.807, 2.05) is 0 Å². The van der Waals surface area contributed by atoms with E-state index < -0.39 is 0 Å². The van der Waals surface area contributed by atoms with Gasteiger partial charge in [-0.2, -0.15) is 0 Å². The molecule has 4 nitrogen and oxygen atoms in total. The van der Waals surface area contributed by atoms with Gasteiger partial charge in [-0.05, 0) is 22.0 Å². The summed E-state index contributed by atoms with van der Waals surface area (Å²) in [5.41, 5.74) is 0. The second-order valence-electron chi connectivity index (χ2n) is 3.33. The number of hydrogen-bond acceptors (Lipinski definition) is 3. The van der Waals surface area contributed by atoms with E-state index in [-0.39, 0.29) is 5.91 Å². The molecule has 0 unspecified atom stereocenters. The van der Waals surface area contributed by atoms with Gasteiger partial charge in [0.2, 0.25) is 5.76 Å². The minimum absolute atomic E-state index is 0.0756. The molecule has 1 aromatic heterocycles. The molecule has 0 atom stereocenters. The zero-order chi connectivity index (χ0) is 10.1. The van der Waals surface area contributed by atoms with Crippen molar-refractivity contribution in [3.63, 3.8) is 0 Å². The molecule has 0 aliphatic carbocycles. The van der Waals surface area contributed by atoms with Crippen molar-refractivity contribution in [2.75, 3.05) is 20.1 Å². The molecule has 1 saturated heterocycles. The van der Waals surface area contributed by atoms with Crippen LogP contribution in [0.1, 0.15) is 10.6 Å². The first kappa shape index (κ1) is 9.73. The summed E-state index contributed by atoms with van der Waals surface area (Å²) in [6.07, 6.45) is 1.50. The predicted molar refractivity (Wildman–Crippen MR) is 55.2 cm³/mol. The Hall–Kier alpha value is -0.810. The summed E-state index contributed by atoms with van der Waals surface area (Å²) in [4.78, 5) is 13.5. The molecular formula is C9H11BrN2O2. The van der Waals surface area contributed by atoms with E-state index in [2.05, 4.69) is 21.2 Å². The molecule has 0 aromatic carbocycles. The molecule has 0 radical (unpaired) electrons. The van der Waals surface area contributed by atoms with Crippen LogP contribution in [-0.4, -0.2) is 37.0 Å². The third-order valence-corrected chi connectivity index (χ3v) is 3.06. The fourth-order valence-corrected chi connectivity index (χ4v) is 1.69. The molecule has 2 heterocycles. The van der Waals surface area contributed by atoms with Crippen LogP contribution in [0.25, 0.3) is 0 Å². The van der Waals surface area contributed by atoms with Gasteiger partial charge in [-0.25, -0.2) is 0 Å². The van der Waals surface area contributed by atoms with Crippen LogP contribution in [0.15, 0.2) is 21.2 Å². The van der Waals surface area contributed by atoms with Gasteiger partial charge < -0.3 is 14.6 Å². The van der Waals surface area contributed by atoms with Crippen LogP contribution >= 0.6 is 15.9 Å². The van der Waals surface area contributed by atoms with Crippen LogP contribution in [-0.2, 0) is 0 Å². The maximum absolute atomic E-state index is 11.8. The molecule has 1 aliphatic rings. The quantitative estimate of drug-likeness (QED) is 0.864. The van der Waals surface area contributed by atoms with E-state index in [4.69, 9.17) is 4.42 Å². The zero-order valence-corrected chi connectivity index (χ0v) is 9.37. The number of rotatable bonds is 2. The molecule has 1 aliphatic heterocycles. The van der Waals surface area contributed by atoms with E-state index in [1.54, 1.807) is 18.0 Å². The van der Waals surface area contributed by atoms with E-state index in [1.165, 1.54) is 6.26 Å². The van der Waals surface area contributed by atoms with Crippen molar-refractivity contribution in [2.24, 2.45) is 0 Å². The Morgan fingerprint density at radius 3 is 2.86 bits per heavy atom. The molecule has 5 heteroatoms. The average molecular weight is 259 g/mol. The van der Waals surface area contributed by atoms with Crippen LogP contribution in [0.4, 0.5) is 0 Å². The van der Waals surface area contributed by atoms with Crippen LogP contribution in [0.3, 0.4) is 0 Å².